The van der Waals surface area contributed by atoms with Crippen molar-refractivity contribution in [2.45, 2.75) is 18.7 Å². The Morgan fingerprint density at radius 3 is 2.29 bits per heavy atom. The van der Waals surface area contributed by atoms with Crippen LogP contribution >= 0.6 is 11.6 Å². The highest BCUT2D eigenvalue weighted by atomic mass is 35.5. The van der Waals surface area contributed by atoms with Gasteiger partial charge >= 0.3 is 5.69 Å². The minimum atomic E-state index is -3.91. The molecule has 0 bridgehead atoms. The average Bonchev–Trinajstić information content (AvgIpc) is 2.70. The molecule has 166 valence electrons. The van der Waals surface area contributed by atoms with Crippen LogP contribution in [0, 0.1) is 20.2 Å². The molecular formula is C17H18ClN5O7S. The molecule has 0 amide bonds. The first kappa shape index (κ1) is 24.0. The van der Waals surface area contributed by atoms with Gasteiger partial charge in [0.15, 0.2) is 0 Å². The van der Waals surface area contributed by atoms with Gasteiger partial charge in [0.25, 0.3) is 5.69 Å². The largest absolute Gasteiger partial charge is 0.502 e. The van der Waals surface area contributed by atoms with Gasteiger partial charge in [0.05, 0.1) is 21.0 Å². The number of hydrogen-bond donors (Lipinski definition) is 2. The first-order valence-corrected chi connectivity index (χ1v) is 10.6. The van der Waals surface area contributed by atoms with Gasteiger partial charge in [-0.25, -0.2) is 8.42 Å². The number of phenols is 1. The normalized spacial score (nSPS) is 11.7. The van der Waals surface area contributed by atoms with Crippen molar-refractivity contribution in [1.82, 2.24) is 4.31 Å². The number of sulfonamides is 1. The second-order valence-corrected chi connectivity index (χ2v) is 8.39. The van der Waals surface area contributed by atoms with Gasteiger partial charge in [-0.15, -0.1) is 0 Å². The molecule has 12 nitrogen and oxygen atoms in total. The number of hydrogen-bond acceptors (Lipinski definition) is 9. The molecule has 0 saturated heterocycles. The quantitative estimate of drug-likeness (QED) is 0.318. The molecule has 2 rings (SSSR count). The van der Waals surface area contributed by atoms with Crippen molar-refractivity contribution in [3.63, 3.8) is 0 Å². The van der Waals surface area contributed by atoms with Crippen LogP contribution in [-0.2, 0) is 10.0 Å². The fraction of sp³-hybridized carbons (Fsp3) is 0.235. The molecule has 0 aliphatic carbocycles. The summed E-state index contributed by atoms with van der Waals surface area (Å²) in [6, 6.07) is 5.45. The van der Waals surface area contributed by atoms with Crippen LogP contribution in [0.1, 0.15) is 19.4 Å². The van der Waals surface area contributed by atoms with Gasteiger partial charge < -0.3 is 5.11 Å². The number of aromatic hydroxyl groups is 1. The highest BCUT2D eigenvalue weighted by Crippen LogP contribution is 2.33. The summed E-state index contributed by atoms with van der Waals surface area (Å²) in [5.41, 5.74) is 0.956. The number of benzene rings is 2. The van der Waals surface area contributed by atoms with Crippen molar-refractivity contribution in [3.05, 3.63) is 61.1 Å². The second kappa shape index (κ2) is 9.68. The Morgan fingerprint density at radius 2 is 1.74 bits per heavy atom. The molecule has 0 heterocycles. The van der Waals surface area contributed by atoms with E-state index in [9.17, 15) is 33.8 Å². The lowest BCUT2D eigenvalue weighted by Gasteiger charge is -2.18. The Labute approximate surface area is 182 Å². The smallest absolute Gasteiger partial charge is 0.312 e. The van der Waals surface area contributed by atoms with Crippen molar-refractivity contribution in [2.75, 3.05) is 18.5 Å². The van der Waals surface area contributed by atoms with Gasteiger partial charge in [-0.05, 0) is 18.2 Å². The Hall–Kier alpha value is -3.29. The predicted molar refractivity (Wildman–Crippen MR) is 114 cm³/mol. The van der Waals surface area contributed by atoms with E-state index >= 15 is 0 Å². The summed E-state index contributed by atoms with van der Waals surface area (Å²) in [5.74, 6) is -0.685. The van der Waals surface area contributed by atoms with Gasteiger partial charge in [-0.1, -0.05) is 25.4 Å². The molecule has 31 heavy (non-hydrogen) atoms. The van der Waals surface area contributed by atoms with Crippen LogP contribution < -0.4 is 5.43 Å². The SMILES string of the molecule is CCN(CC)S(=O)(=O)c1ccc(NN=Cc2cc(Cl)cc([N+](=O)[O-])c2O)c([N+](=O)[O-])c1. The van der Waals surface area contributed by atoms with E-state index in [1.165, 1.54) is 18.2 Å². The minimum Gasteiger partial charge on any atom is -0.502 e. The van der Waals surface area contributed by atoms with E-state index in [1.807, 2.05) is 0 Å². The molecule has 0 aliphatic heterocycles. The van der Waals surface area contributed by atoms with Gasteiger partial charge in [0, 0.05) is 35.8 Å². The highest BCUT2D eigenvalue weighted by molar-refractivity contribution is 7.89. The summed E-state index contributed by atoms with van der Waals surface area (Å²) in [7, 11) is -3.91. The lowest BCUT2D eigenvalue weighted by Crippen LogP contribution is -2.30. The molecule has 2 aromatic rings. The summed E-state index contributed by atoms with van der Waals surface area (Å²) < 4.78 is 26.3. The summed E-state index contributed by atoms with van der Waals surface area (Å²) >= 11 is 5.79. The summed E-state index contributed by atoms with van der Waals surface area (Å²) in [4.78, 5) is 20.5. The fourth-order valence-electron chi connectivity index (χ4n) is 2.64. The lowest BCUT2D eigenvalue weighted by molar-refractivity contribution is -0.385. The molecule has 0 atom stereocenters. The lowest BCUT2D eigenvalue weighted by atomic mass is 10.2. The molecular weight excluding hydrogens is 454 g/mol. The molecule has 0 unspecified atom stereocenters. The summed E-state index contributed by atoms with van der Waals surface area (Å²) in [5, 5.41) is 36.0. The Morgan fingerprint density at radius 1 is 1.13 bits per heavy atom. The third-order valence-corrected chi connectivity index (χ3v) is 6.44. The van der Waals surface area contributed by atoms with E-state index in [0.29, 0.717) is 0 Å². The van der Waals surface area contributed by atoms with Gasteiger partial charge in [-0.3, -0.25) is 25.7 Å². The zero-order valence-electron chi connectivity index (χ0n) is 16.4. The van der Waals surface area contributed by atoms with Crippen molar-refractivity contribution in [3.8, 4) is 5.75 Å². The van der Waals surface area contributed by atoms with Gasteiger partial charge in [0.2, 0.25) is 15.8 Å². The molecule has 0 spiro atoms. The number of nitrogens with one attached hydrogen (secondary N) is 1. The van der Waals surface area contributed by atoms with E-state index in [4.69, 9.17) is 11.6 Å². The average molecular weight is 472 g/mol. The first-order chi connectivity index (χ1) is 14.5. The van der Waals surface area contributed by atoms with Crippen molar-refractivity contribution >= 4 is 44.9 Å². The maximum atomic E-state index is 12.6. The van der Waals surface area contributed by atoms with Crippen LogP contribution in [0.25, 0.3) is 0 Å². The molecule has 0 radical (unpaired) electrons. The van der Waals surface area contributed by atoms with E-state index in [2.05, 4.69) is 10.5 Å². The Balaban J connectivity index is 2.39. The Bertz CT molecular complexity index is 1150. The molecule has 2 N–H and O–H groups in total. The number of nitro groups is 2. The van der Waals surface area contributed by atoms with Crippen LogP contribution in [0.4, 0.5) is 17.1 Å². The summed E-state index contributed by atoms with van der Waals surface area (Å²) in [6.45, 7) is 3.70. The van der Waals surface area contributed by atoms with E-state index in [0.717, 1.165) is 22.7 Å². The van der Waals surface area contributed by atoms with E-state index in [1.54, 1.807) is 13.8 Å². The number of hydrazone groups is 1. The first-order valence-electron chi connectivity index (χ1n) is 8.77. The topological polar surface area (TPSA) is 168 Å². The van der Waals surface area contributed by atoms with E-state index in [-0.39, 0.29) is 34.3 Å². The third kappa shape index (κ3) is 5.25. The summed E-state index contributed by atoms with van der Waals surface area (Å²) in [6.07, 6.45) is 0.985. The maximum absolute atomic E-state index is 12.6. The third-order valence-electron chi connectivity index (χ3n) is 4.18. The molecule has 14 heteroatoms. The van der Waals surface area contributed by atoms with Crippen LogP contribution in [0.3, 0.4) is 0 Å². The zero-order valence-corrected chi connectivity index (χ0v) is 17.9. The van der Waals surface area contributed by atoms with Crippen LogP contribution in [0.2, 0.25) is 5.02 Å². The molecule has 0 aromatic heterocycles. The number of halogens is 1. The monoisotopic (exact) mass is 471 g/mol. The van der Waals surface area contributed by atoms with Gasteiger partial charge in [0.1, 0.15) is 5.69 Å². The van der Waals surface area contributed by atoms with Crippen molar-refractivity contribution < 1.29 is 23.4 Å². The van der Waals surface area contributed by atoms with Gasteiger partial charge in [-0.2, -0.15) is 9.41 Å². The predicted octanol–water partition coefficient (Wildman–Crippen LogP) is 3.34. The van der Waals surface area contributed by atoms with Crippen molar-refractivity contribution in [1.29, 1.82) is 0 Å². The second-order valence-electron chi connectivity index (χ2n) is 6.02. The number of nitro benzene ring substituents is 2. The zero-order chi connectivity index (χ0) is 23.3. The number of anilines is 1. The molecule has 2 aromatic carbocycles. The molecule has 0 fully saturated rings. The maximum Gasteiger partial charge on any atom is 0.312 e. The Kier molecular flexibility index (Phi) is 7.49. The van der Waals surface area contributed by atoms with Crippen LogP contribution in [-0.4, -0.2) is 47.0 Å². The molecule has 0 aliphatic rings. The number of nitrogens with zero attached hydrogens (tertiary/aromatic N) is 4. The highest BCUT2D eigenvalue weighted by Gasteiger charge is 2.25. The number of rotatable bonds is 9. The number of phenolic OH excluding ortho intramolecular Hbond substituents is 1. The molecule has 0 saturated carbocycles. The fourth-order valence-corrected chi connectivity index (χ4v) is 4.34. The standard InChI is InChI=1S/C17H18ClN5O7S/c1-3-21(4-2)31(29,30)13-5-6-14(15(9-13)22(25)26)20-19-10-11-7-12(18)8-16(17(11)24)23(27)28/h5-10,20,24H,3-4H2,1-2H3. The van der Waals surface area contributed by atoms with E-state index < -0.39 is 37.0 Å². The van der Waals surface area contributed by atoms with Crippen LogP contribution in [0.5, 0.6) is 5.75 Å². The minimum absolute atomic E-state index is 0.0251. The van der Waals surface area contributed by atoms with Crippen molar-refractivity contribution in [2.24, 2.45) is 5.10 Å². The van der Waals surface area contributed by atoms with Crippen LogP contribution in [0.15, 0.2) is 40.3 Å².